The number of benzene rings is 1. The number of pyridine rings is 1. The lowest BCUT2D eigenvalue weighted by atomic mass is 10.2. The first-order chi connectivity index (χ1) is 11.7. The molecule has 0 spiro atoms. The summed E-state index contributed by atoms with van der Waals surface area (Å²) in [5.41, 5.74) is 2.33. The third kappa shape index (κ3) is 4.76. The first-order valence-corrected chi connectivity index (χ1v) is 8.95. The number of aromatic nitrogens is 1. The second kappa shape index (κ2) is 8.22. The van der Waals surface area contributed by atoms with Crippen molar-refractivity contribution in [1.29, 1.82) is 0 Å². The van der Waals surface area contributed by atoms with Crippen LogP contribution in [0.15, 0.2) is 59.3 Å². The minimum Gasteiger partial charge on any atom is -0.328 e. The lowest BCUT2D eigenvalue weighted by Crippen LogP contribution is -3.13. The van der Waals surface area contributed by atoms with Crippen LogP contribution in [0.3, 0.4) is 0 Å². The summed E-state index contributed by atoms with van der Waals surface area (Å²) in [4.78, 5) is 19.8. The second-order valence-electron chi connectivity index (χ2n) is 6.00. The van der Waals surface area contributed by atoms with Gasteiger partial charge in [0.25, 0.3) is 0 Å². The summed E-state index contributed by atoms with van der Waals surface area (Å²) in [6, 6.07) is 12.1. The van der Waals surface area contributed by atoms with Gasteiger partial charge in [0, 0.05) is 28.5 Å². The smallest absolute Gasteiger partial charge is 0.246 e. The van der Waals surface area contributed by atoms with Crippen molar-refractivity contribution in [3.63, 3.8) is 0 Å². The van der Waals surface area contributed by atoms with Gasteiger partial charge in [-0.05, 0) is 35.9 Å². The van der Waals surface area contributed by atoms with Gasteiger partial charge in [0.05, 0.1) is 26.2 Å². The fourth-order valence-electron chi connectivity index (χ4n) is 2.89. The predicted octanol–water partition coefficient (Wildman–Crippen LogP) is 1.78. The predicted molar refractivity (Wildman–Crippen MR) is 98.4 cm³/mol. The van der Waals surface area contributed by atoms with E-state index in [0.29, 0.717) is 0 Å². The summed E-state index contributed by atoms with van der Waals surface area (Å²) in [7, 11) is 0. The topological polar surface area (TPSA) is 37.6 Å². The molecule has 3 rings (SSSR count). The van der Waals surface area contributed by atoms with E-state index in [1.165, 1.54) is 10.5 Å². The third-order valence-electron chi connectivity index (χ3n) is 4.25. The molecule has 0 saturated carbocycles. The molecule has 2 heterocycles. The van der Waals surface area contributed by atoms with Gasteiger partial charge in [-0.25, -0.2) is 0 Å². The molecule has 124 valence electrons. The SMILES string of the molecule is O=C(/C=C/c1cccc(Br)c1)N1CC[NH+](Cc2ccncc2)CC1. The zero-order valence-electron chi connectivity index (χ0n) is 13.5. The summed E-state index contributed by atoms with van der Waals surface area (Å²) in [5.74, 6) is 0.0953. The van der Waals surface area contributed by atoms with Gasteiger partial charge >= 0.3 is 0 Å². The number of hydrogen-bond acceptors (Lipinski definition) is 2. The molecule has 1 aromatic heterocycles. The summed E-state index contributed by atoms with van der Waals surface area (Å²) >= 11 is 3.44. The fourth-order valence-corrected chi connectivity index (χ4v) is 3.31. The maximum absolute atomic E-state index is 12.3. The summed E-state index contributed by atoms with van der Waals surface area (Å²) in [5, 5.41) is 0. The molecule has 1 fully saturated rings. The normalized spacial score (nSPS) is 15.8. The number of hydrogen-bond donors (Lipinski definition) is 1. The molecule has 1 N–H and O–H groups in total. The number of nitrogens with zero attached hydrogens (tertiary/aromatic N) is 2. The zero-order chi connectivity index (χ0) is 16.8. The number of quaternary nitrogens is 1. The van der Waals surface area contributed by atoms with Gasteiger partial charge in [0.2, 0.25) is 5.91 Å². The molecule has 5 heteroatoms. The number of amides is 1. The number of halogens is 1. The van der Waals surface area contributed by atoms with Crippen molar-refractivity contribution in [2.45, 2.75) is 6.54 Å². The van der Waals surface area contributed by atoms with E-state index in [1.54, 1.807) is 6.08 Å². The molecule has 1 aliphatic heterocycles. The van der Waals surface area contributed by atoms with Gasteiger partial charge in [-0.1, -0.05) is 28.1 Å². The minimum atomic E-state index is 0.0953. The fraction of sp³-hybridized carbons (Fsp3) is 0.263. The van der Waals surface area contributed by atoms with E-state index < -0.39 is 0 Å². The van der Waals surface area contributed by atoms with E-state index in [4.69, 9.17) is 0 Å². The molecule has 1 saturated heterocycles. The maximum Gasteiger partial charge on any atom is 0.246 e. The Morgan fingerprint density at radius 1 is 1.21 bits per heavy atom. The molecular weight excluding hydrogens is 366 g/mol. The van der Waals surface area contributed by atoms with Crippen LogP contribution in [-0.4, -0.2) is 42.0 Å². The van der Waals surface area contributed by atoms with Crippen LogP contribution in [0.1, 0.15) is 11.1 Å². The van der Waals surface area contributed by atoms with E-state index in [9.17, 15) is 4.79 Å². The lowest BCUT2D eigenvalue weighted by Gasteiger charge is -2.31. The van der Waals surface area contributed by atoms with Crippen molar-refractivity contribution >= 4 is 27.9 Å². The van der Waals surface area contributed by atoms with Crippen molar-refractivity contribution in [3.8, 4) is 0 Å². The Morgan fingerprint density at radius 2 is 1.96 bits per heavy atom. The number of carbonyl (C=O) groups is 1. The zero-order valence-corrected chi connectivity index (χ0v) is 15.1. The summed E-state index contributed by atoms with van der Waals surface area (Å²) < 4.78 is 1.02. The molecule has 4 nitrogen and oxygen atoms in total. The van der Waals surface area contributed by atoms with Gasteiger partial charge < -0.3 is 9.80 Å². The number of piperazine rings is 1. The van der Waals surface area contributed by atoms with Crippen molar-refractivity contribution < 1.29 is 9.69 Å². The van der Waals surface area contributed by atoms with Crippen LogP contribution in [0.5, 0.6) is 0 Å². The van der Waals surface area contributed by atoms with Gasteiger partial charge in [-0.2, -0.15) is 0 Å². The first kappa shape index (κ1) is 16.9. The Morgan fingerprint density at radius 3 is 2.67 bits per heavy atom. The molecule has 1 amide bonds. The Labute approximate surface area is 150 Å². The van der Waals surface area contributed by atoms with Crippen LogP contribution >= 0.6 is 15.9 Å². The molecule has 1 aliphatic rings. The monoisotopic (exact) mass is 386 g/mol. The maximum atomic E-state index is 12.3. The molecular formula is C19H21BrN3O+. The standard InChI is InChI=1S/C19H20BrN3O/c20-18-3-1-2-16(14-18)4-5-19(24)23-12-10-22(11-13-23)15-17-6-8-21-9-7-17/h1-9,14H,10-13,15H2/p+1/b5-4+. The number of carbonyl (C=O) groups excluding carboxylic acids is 1. The van der Waals surface area contributed by atoms with Crippen LogP contribution in [0.25, 0.3) is 6.08 Å². The molecule has 24 heavy (non-hydrogen) atoms. The van der Waals surface area contributed by atoms with Crippen LogP contribution in [-0.2, 0) is 11.3 Å². The van der Waals surface area contributed by atoms with Crippen LogP contribution in [0, 0.1) is 0 Å². The Bertz CT molecular complexity index is 710. The minimum absolute atomic E-state index is 0.0953. The molecule has 0 atom stereocenters. The van der Waals surface area contributed by atoms with Gasteiger partial charge in [0.15, 0.2) is 0 Å². The van der Waals surface area contributed by atoms with Crippen molar-refractivity contribution in [2.75, 3.05) is 26.2 Å². The lowest BCUT2D eigenvalue weighted by molar-refractivity contribution is -0.917. The Kier molecular flexibility index (Phi) is 5.77. The van der Waals surface area contributed by atoms with Crippen LogP contribution in [0.2, 0.25) is 0 Å². The van der Waals surface area contributed by atoms with Crippen LogP contribution < -0.4 is 4.90 Å². The summed E-state index contributed by atoms with van der Waals surface area (Å²) in [6.07, 6.45) is 7.22. The van der Waals surface area contributed by atoms with E-state index in [0.717, 1.165) is 42.8 Å². The second-order valence-corrected chi connectivity index (χ2v) is 6.91. The number of rotatable bonds is 4. The summed E-state index contributed by atoms with van der Waals surface area (Å²) in [6.45, 7) is 4.58. The average molecular weight is 387 g/mol. The molecule has 0 radical (unpaired) electrons. The Balaban J connectivity index is 1.50. The van der Waals surface area contributed by atoms with E-state index >= 15 is 0 Å². The van der Waals surface area contributed by atoms with Crippen LogP contribution in [0.4, 0.5) is 0 Å². The molecule has 1 aromatic carbocycles. The highest BCUT2D eigenvalue weighted by Crippen LogP contribution is 2.12. The molecule has 0 bridgehead atoms. The molecule has 0 aliphatic carbocycles. The van der Waals surface area contributed by atoms with Gasteiger partial charge in [-0.3, -0.25) is 9.78 Å². The van der Waals surface area contributed by atoms with Crippen molar-refractivity contribution in [3.05, 3.63) is 70.5 Å². The quantitative estimate of drug-likeness (QED) is 0.813. The molecule has 2 aromatic rings. The molecule has 0 unspecified atom stereocenters. The highest BCUT2D eigenvalue weighted by molar-refractivity contribution is 9.10. The highest BCUT2D eigenvalue weighted by atomic mass is 79.9. The van der Waals surface area contributed by atoms with E-state index in [1.807, 2.05) is 47.6 Å². The third-order valence-corrected chi connectivity index (χ3v) is 4.75. The first-order valence-electron chi connectivity index (χ1n) is 8.16. The van der Waals surface area contributed by atoms with Gasteiger partial charge in [-0.15, -0.1) is 0 Å². The van der Waals surface area contributed by atoms with Gasteiger partial charge in [0.1, 0.15) is 6.54 Å². The van der Waals surface area contributed by atoms with Crippen molar-refractivity contribution in [1.82, 2.24) is 9.88 Å². The number of nitrogens with one attached hydrogen (secondary N) is 1. The average Bonchev–Trinajstić information content (AvgIpc) is 2.61. The highest BCUT2D eigenvalue weighted by Gasteiger charge is 2.22. The van der Waals surface area contributed by atoms with E-state index in [2.05, 4.69) is 33.0 Å². The Hall–Kier alpha value is -1.98. The van der Waals surface area contributed by atoms with Crippen molar-refractivity contribution in [2.24, 2.45) is 0 Å². The largest absolute Gasteiger partial charge is 0.328 e. The van der Waals surface area contributed by atoms with E-state index in [-0.39, 0.29) is 5.91 Å².